The Kier molecular flexibility index (Phi) is 11.9. The summed E-state index contributed by atoms with van der Waals surface area (Å²) in [5, 5.41) is 0. The van der Waals surface area contributed by atoms with Crippen LogP contribution in [-0.4, -0.2) is 27.2 Å². The van der Waals surface area contributed by atoms with Gasteiger partial charge in [0.05, 0.1) is 0 Å². The second kappa shape index (κ2) is 10.3. The quantitative estimate of drug-likeness (QED) is 0.584. The first-order valence-electron chi connectivity index (χ1n) is 4.96. The van der Waals surface area contributed by atoms with Crippen molar-refractivity contribution in [1.82, 2.24) is 0 Å². The minimum absolute atomic E-state index is 0. The number of ether oxygens (including phenoxy) is 1. The third-order valence-electron chi connectivity index (χ3n) is 2.11. The van der Waals surface area contributed by atoms with Gasteiger partial charge in [0.1, 0.15) is 7.34 Å². The van der Waals surface area contributed by atoms with Crippen molar-refractivity contribution in [2.45, 2.75) is 20.6 Å². The second-order valence-electron chi connectivity index (χ2n) is 3.65. The van der Waals surface area contributed by atoms with Crippen LogP contribution < -0.4 is 0 Å². The van der Waals surface area contributed by atoms with Gasteiger partial charge in [-0.3, -0.25) is 0 Å². The van der Waals surface area contributed by atoms with Crippen LogP contribution >= 0.6 is 7.34 Å². The van der Waals surface area contributed by atoms with E-state index in [1.807, 2.05) is 24.9 Å². The molecule has 1 rings (SSSR count). The van der Waals surface area contributed by atoms with Crippen LogP contribution in [0.4, 0.5) is 0 Å². The summed E-state index contributed by atoms with van der Waals surface area (Å²) in [6.07, 6.45) is 3.89. The van der Waals surface area contributed by atoms with Gasteiger partial charge >= 0.3 is 0 Å². The van der Waals surface area contributed by atoms with Gasteiger partial charge in [0.15, 0.2) is 0 Å². The van der Waals surface area contributed by atoms with Gasteiger partial charge in [0.25, 0.3) is 0 Å². The predicted molar refractivity (Wildman–Crippen MR) is 74.5 cm³/mol. The molecule has 1 aromatic rings. The molecule has 0 amide bonds. The van der Waals surface area contributed by atoms with E-state index in [1.165, 1.54) is 0 Å². The molecular formula is C13H22O3PY-. The number of benzene rings is 1. The Hall–Kier alpha value is 0.504. The molecule has 1 unspecified atom stereocenters. The van der Waals surface area contributed by atoms with Gasteiger partial charge in [-0.2, -0.15) is 24.3 Å². The van der Waals surface area contributed by atoms with Crippen molar-refractivity contribution in [3.63, 3.8) is 0 Å². The van der Waals surface area contributed by atoms with Crippen molar-refractivity contribution in [3.05, 3.63) is 35.4 Å². The molecule has 0 aliphatic carbocycles. The van der Waals surface area contributed by atoms with Gasteiger partial charge in [-0.25, -0.2) is 0 Å². The fourth-order valence-electron chi connectivity index (χ4n) is 1.17. The van der Waals surface area contributed by atoms with Crippen molar-refractivity contribution < 1.29 is 46.5 Å². The van der Waals surface area contributed by atoms with Crippen LogP contribution in [0.15, 0.2) is 18.2 Å². The molecule has 0 fully saturated rings. The van der Waals surface area contributed by atoms with Crippen LogP contribution in [0.2, 0.25) is 0 Å². The van der Waals surface area contributed by atoms with Gasteiger partial charge in [0.2, 0.25) is 0 Å². The van der Waals surface area contributed by atoms with Crippen molar-refractivity contribution in [1.29, 1.82) is 0 Å². The minimum atomic E-state index is -1.91. The van der Waals surface area contributed by atoms with Gasteiger partial charge < -0.3 is 13.8 Å². The van der Waals surface area contributed by atoms with E-state index in [2.05, 4.69) is 12.4 Å². The van der Waals surface area contributed by atoms with E-state index < -0.39 is 7.34 Å². The molecule has 0 saturated carbocycles. The third kappa shape index (κ3) is 7.83. The molecule has 101 valence electrons. The molecule has 0 N–H and O–H groups in total. The van der Waals surface area contributed by atoms with E-state index in [0.717, 1.165) is 11.1 Å². The molecule has 0 aliphatic rings. The molecule has 18 heavy (non-hydrogen) atoms. The van der Waals surface area contributed by atoms with E-state index in [4.69, 9.17) is 13.8 Å². The fourth-order valence-corrected chi connectivity index (χ4v) is 1.70. The predicted octanol–water partition coefficient (Wildman–Crippen LogP) is 3.34. The summed E-state index contributed by atoms with van der Waals surface area (Å²) in [5.41, 5.74) is 2.14. The van der Waals surface area contributed by atoms with E-state index in [9.17, 15) is 0 Å². The van der Waals surface area contributed by atoms with Crippen LogP contribution in [0, 0.1) is 6.07 Å². The molecule has 0 heterocycles. The fraction of sp³-hybridized carbons (Fsp3) is 0.462. The summed E-state index contributed by atoms with van der Waals surface area (Å²) in [4.78, 5) is 0. The zero-order valence-electron chi connectivity index (χ0n) is 10.6. The topological polar surface area (TPSA) is 27.7 Å². The number of hydrogen-bond donors (Lipinski definition) is 0. The van der Waals surface area contributed by atoms with Gasteiger partial charge in [-0.1, -0.05) is 13.7 Å². The zero-order chi connectivity index (χ0) is 12.0. The maximum Gasteiger partial charge on any atom is 0.113 e. The van der Waals surface area contributed by atoms with E-state index >= 15 is 0 Å². The summed E-state index contributed by atoms with van der Waals surface area (Å²) in [6.45, 7) is 2.97. The van der Waals surface area contributed by atoms with Crippen molar-refractivity contribution >= 4 is 13.6 Å². The SMILES string of the molecule is C.C=P(C)(OC)OCc1c[c-]cc(COC)c1.[Y]. The Balaban J connectivity index is 0. The minimum Gasteiger partial charge on any atom is -0.392 e. The molecule has 1 atom stereocenters. The van der Waals surface area contributed by atoms with Crippen molar-refractivity contribution in [2.75, 3.05) is 20.9 Å². The molecule has 1 radical (unpaired) electrons. The van der Waals surface area contributed by atoms with Crippen molar-refractivity contribution in [2.24, 2.45) is 0 Å². The Labute approximate surface area is 136 Å². The van der Waals surface area contributed by atoms with Gasteiger partial charge in [-0.05, 0) is 0 Å². The molecule has 0 aromatic heterocycles. The van der Waals surface area contributed by atoms with Crippen molar-refractivity contribution in [3.8, 4) is 0 Å². The Morgan fingerprint density at radius 1 is 1.22 bits per heavy atom. The third-order valence-corrected chi connectivity index (χ3v) is 3.56. The molecule has 0 saturated heterocycles. The maximum absolute atomic E-state index is 5.61. The summed E-state index contributed by atoms with van der Waals surface area (Å²) in [7, 11) is 1.38. The first-order valence-corrected chi connectivity index (χ1v) is 7.22. The van der Waals surface area contributed by atoms with Gasteiger partial charge in [0, 0.05) is 66.8 Å². The van der Waals surface area contributed by atoms with Crippen LogP contribution in [0.3, 0.4) is 0 Å². The van der Waals surface area contributed by atoms with E-state index in [-0.39, 0.29) is 40.1 Å². The standard InChI is InChI=1S/C12H18O3P.CH4.Y/c1-13-9-11-6-5-7-12(8-11)10-15-16(3,4)14-2;;/h6-8H,3,9-10H2,1-2,4H3;1H4;/q-1;;. The average molecular weight is 346 g/mol. The van der Waals surface area contributed by atoms with Crippen LogP contribution in [0.1, 0.15) is 18.6 Å². The van der Waals surface area contributed by atoms with E-state index in [1.54, 1.807) is 14.2 Å². The summed E-state index contributed by atoms with van der Waals surface area (Å²) in [5.74, 6) is 0. The molecule has 5 heteroatoms. The number of hydrogen-bond acceptors (Lipinski definition) is 3. The summed E-state index contributed by atoms with van der Waals surface area (Å²) < 4.78 is 15.9. The summed E-state index contributed by atoms with van der Waals surface area (Å²) in [6, 6.07) is 8.90. The molecule has 0 spiro atoms. The van der Waals surface area contributed by atoms with Crippen LogP contribution in [-0.2, 0) is 59.7 Å². The van der Waals surface area contributed by atoms with Crippen LogP contribution in [0.5, 0.6) is 0 Å². The molecule has 3 nitrogen and oxygen atoms in total. The maximum atomic E-state index is 5.61. The Bertz CT molecular complexity index is 382. The Morgan fingerprint density at radius 2 is 1.78 bits per heavy atom. The normalized spacial score (nSPS) is 13.1. The number of rotatable bonds is 6. The average Bonchev–Trinajstić information content (AvgIpc) is 2.28. The second-order valence-corrected chi connectivity index (χ2v) is 6.30. The number of methoxy groups -OCH3 is 1. The first-order chi connectivity index (χ1) is 7.57. The monoisotopic (exact) mass is 346 g/mol. The molecule has 0 aliphatic heterocycles. The molecule has 1 aromatic carbocycles. The van der Waals surface area contributed by atoms with E-state index in [0.29, 0.717) is 13.2 Å². The zero-order valence-corrected chi connectivity index (χ0v) is 14.3. The molecule has 0 bridgehead atoms. The molecular weight excluding hydrogens is 324 g/mol. The largest absolute Gasteiger partial charge is 0.392 e. The Morgan fingerprint density at radius 3 is 2.28 bits per heavy atom. The summed E-state index contributed by atoms with van der Waals surface area (Å²) >= 11 is 0. The van der Waals surface area contributed by atoms with Gasteiger partial charge in [-0.15, -0.1) is 11.1 Å². The van der Waals surface area contributed by atoms with Crippen LogP contribution in [0.25, 0.3) is 0 Å². The smallest absolute Gasteiger partial charge is 0.113 e. The first kappa shape index (κ1) is 20.8.